The number of hydrogen-bond donors (Lipinski definition) is 1. The maximum atomic E-state index is 14.1. The van der Waals surface area contributed by atoms with Crippen LogP contribution in [0.15, 0.2) is 11.6 Å². The third-order valence-corrected chi connectivity index (χ3v) is 8.53. The van der Waals surface area contributed by atoms with E-state index in [0.29, 0.717) is 43.5 Å². The summed E-state index contributed by atoms with van der Waals surface area (Å²) in [5.41, 5.74) is 1.66. The van der Waals surface area contributed by atoms with Gasteiger partial charge in [-0.2, -0.15) is 0 Å². The smallest absolute Gasteiger partial charge is 0.173 e. The number of halogens is 1. The minimum Gasteiger partial charge on any atom is -0.394 e. The third kappa shape index (κ3) is 4.54. The van der Waals surface area contributed by atoms with E-state index in [2.05, 4.69) is 19.9 Å². The second kappa shape index (κ2) is 10.2. The van der Waals surface area contributed by atoms with Gasteiger partial charge in [0.2, 0.25) is 0 Å². The summed E-state index contributed by atoms with van der Waals surface area (Å²) in [5.74, 6) is 1.43. The van der Waals surface area contributed by atoms with E-state index in [9.17, 15) is 9.18 Å². The Hall–Kier alpha value is -0.780. The van der Waals surface area contributed by atoms with Crippen LogP contribution in [-0.4, -0.2) is 50.1 Å². The minimum atomic E-state index is -1.19. The molecule has 0 aromatic rings. The lowest BCUT2D eigenvalue weighted by atomic mass is 9.48. The molecule has 3 fully saturated rings. The normalized spacial score (nSPS) is 39.9. The fourth-order valence-corrected chi connectivity index (χ4v) is 6.88. The van der Waals surface area contributed by atoms with Crippen molar-refractivity contribution >= 4 is 5.78 Å². The molecule has 0 unspecified atom stereocenters. The molecule has 4 rings (SSSR count). The van der Waals surface area contributed by atoms with E-state index in [0.717, 1.165) is 25.9 Å². The molecule has 0 radical (unpaired) electrons. The fraction of sp³-hybridized carbons (Fsp3) is 0.880. The Morgan fingerprint density at radius 2 is 1.87 bits per heavy atom. The number of hydrogen-bond acceptors (Lipinski definition) is 4. The van der Waals surface area contributed by atoms with Crippen LogP contribution in [0.25, 0.3) is 0 Å². The molecule has 0 spiro atoms. The van der Waals surface area contributed by atoms with E-state index >= 15 is 0 Å². The predicted octanol–water partition coefficient (Wildman–Crippen LogP) is 4.89. The van der Waals surface area contributed by atoms with Gasteiger partial charge in [0.15, 0.2) is 12.0 Å². The van der Waals surface area contributed by atoms with E-state index in [1.54, 1.807) is 5.57 Å². The van der Waals surface area contributed by atoms with Crippen molar-refractivity contribution in [3.05, 3.63) is 11.6 Å². The average Bonchev–Trinajstić information content (AvgIpc) is 2.97. The number of ketones is 1. The van der Waals surface area contributed by atoms with Crippen molar-refractivity contribution in [1.82, 2.24) is 0 Å². The van der Waals surface area contributed by atoms with Crippen LogP contribution in [0.5, 0.6) is 0 Å². The number of aliphatic hydroxyl groups excluding tert-OH is 1. The molecule has 0 aromatic heterocycles. The minimum absolute atomic E-state index is 0.0884. The van der Waals surface area contributed by atoms with Gasteiger partial charge in [0.25, 0.3) is 0 Å². The topological polar surface area (TPSA) is 55.8 Å². The molecule has 0 heterocycles. The van der Waals surface area contributed by atoms with E-state index in [1.807, 2.05) is 6.92 Å². The lowest BCUT2D eigenvalue weighted by Crippen LogP contribution is -2.49. The number of fused-ring (bicyclic) bond motifs is 5. The molecule has 0 aromatic carbocycles. The molecule has 0 bridgehead atoms. The first-order valence-corrected chi connectivity index (χ1v) is 12.0. The lowest BCUT2D eigenvalue weighted by molar-refractivity contribution is -0.134. The number of ether oxygens (including phenoxy) is 2. The van der Waals surface area contributed by atoms with Crippen molar-refractivity contribution < 1.29 is 23.8 Å². The summed E-state index contributed by atoms with van der Waals surface area (Å²) in [5, 5.41) is 8.26. The fourth-order valence-electron chi connectivity index (χ4n) is 6.88. The Bertz CT molecular complexity index is 614. The van der Waals surface area contributed by atoms with Crippen molar-refractivity contribution in [2.24, 2.45) is 28.6 Å². The third-order valence-electron chi connectivity index (χ3n) is 8.53. The molecule has 5 heteroatoms. The molecular weight excluding hydrogens is 383 g/mol. The molecule has 30 heavy (non-hydrogen) atoms. The Kier molecular flexibility index (Phi) is 8.14. The molecule has 6 atom stereocenters. The Balaban J connectivity index is 0.000000244. The highest BCUT2D eigenvalue weighted by atomic mass is 19.1. The summed E-state index contributed by atoms with van der Waals surface area (Å²) < 4.78 is 24.0. The molecule has 4 aliphatic carbocycles. The molecule has 1 N–H and O–H groups in total. The largest absolute Gasteiger partial charge is 0.394 e. The molecule has 172 valence electrons. The number of rotatable bonds is 6. The standard InChI is InChI=1S/C19H27FO.C6H14O3/c1-18-9-4-3-5-12(18)6-7-13-14(18)8-10-19(2)15(13)11-16(20)17(19)21;1-2-8-5-6-9-4-3-7/h6,13-16H,3-5,7-11H2,1-2H3;7H,2-6H2,1H3/t13-,14+,15+,16-,18+,19+;/m1./s1. The highest BCUT2D eigenvalue weighted by Gasteiger charge is 2.61. The second-order valence-electron chi connectivity index (χ2n) is 10.0. The van der Waals surface area contributed by atoms with Crippen LogP contribution in [0.2, 0.25) is 0 Å². The molecule has 4 nitrogen and oxygen atoms in total. The van der Waals surface area contributed by atoms with Crippen molar-refractivity contribution in [3.63, 3.8) is 0 Å². The van der Waals surface area contributed by atoms with Gasteiger partial charge >= 0.3 is 0 Å². The van der Waals surface area contributed by atoms with Crippen molar-refractivity contribution in [3.8, 4) is 0 Å². The van der Waals surface area contributed by atoms with E-state index in [-0.39, 0.29) is 23.7 Å². The summed E-state index contributed by atoms with van der Waals surface area (Å²) in [6.07, 6.45) is 10.2. The summed E-state index contributed by atoms with van der Waals surface area (Å²) in [6.45, 7) is 8.87. The van der Waals surface area contributed by atoms with Gasteiger partial charge in [0.1, 0.15) is 0 Å². The zero-order chi connectivity index (χ0) is 21.8. The Morgan fingerprint density at radius 1 is 1.10 bits per heavy atom. The van der Waals surface area contributed by atoms with Crippen LogP contribution >= 0.6 is 0 Å². The Labute approximate surface area is 181 Å². The van der Waals surface area contributed by atoms with Crippen LogP contribution in [0, 0.1) is 28.6 Å². The molecule has 0 aliphatic heterocycles. The first-order chi connectivity index (χ1) is 14.4. The zero-order valence-corrected chi connectivity index (χ0v) is 19.1. The highest BCUT2D eigenvalue weighted by Crippen LogP contribution is 2.64. The van der Waals surface area contributed by atoms with Crippen molar-refractivity contribution in [2.45, 2.75) is 78.3 Å². The molecule has 0 saturated heterocycles. The number of aliphatic hydroxyl groups is 1. The number of alkyl halides is 1. The van der Waals surface area contributed by atoms with Gasteiger partial charge in [0.05, 0.1) is 26.4 Å². The summed E-state index contributed by atoms with van der Waals surface area (Å²) >= 11 is 0. The van der Waals surface area contributed by atoms with E-state index in [1.165, 1.54) is 25.7 Å². The summed E-state index contributed by atoms with van der Waals surface area (Å²) in [7, 11) is 0. The van der Waals surface area contributed by atoms with Crippen LogP contribution in [0.3, 0.4) is 0 Å². The van der Waals surface area contributed by atoms with Gasteiger partial charge < -0.3 is 14.6 Å². The average molecular weight is 425 g/mol. The van der Waals surface area contributed by atoms with Gasteiger partial charge in [-0.1, -0.05) is 31.9 Å². The maximum absolute atomic E-state index is 14.1. The van der Waals surface area contributed by atoms with Crippen LogP contribution < -0.4 is 0 Å². The molecule has 0 amide bonds. The molecule has 3 saturated carbocycles. The second-order valence-corrected chi connectivity index (χ2v) is 10.0. The number of Topliss-reactive ketones (excluding diaryl/α,β-unsaturated/α-hetero) is 1. The van der Waals surface area contributed by atoms with Gasteiger partial charge in [-0.05, 0) is 75.0 Å². The zero-order valence-electron chi connectivity index (χ0n) is 19.1. The quantitative estimate of drug-likeness (QED) is 0.487. The number of carbonyl (C=O) groups excluding carboxylic acids is 1. The van der Waals surface area contributed by atoms with Crippen molar-refractivity contribution in [1.29, 1.82) is 0 Å². The van der Waals surface area contributed by atoms with Crippen LogP contribution in [0.4, 0.5) is 4.39 Å². The monoisotopic (exact) mass is 424 g/mol. The Morgan fingerprint density at radius 3 is 2.60 bits per heavy atom. The number of allylic oxidation sites excluding steroid dienone is 2. The predicted molar refractivity (Wildman–Crippen MR) is 116 cm³/mol. The SMILES string of the molecule is CCOCCOCCO.C[C@]12CCCCC1=CC[C@@H]1[C@@H]2CC[C@]2(C)C(=O)[C@H](F)C[C@@H]12. The maximum Gasteiger partial charge on any atom is 0.173 e. The van der Waals surface area contributed by atoms with E-state index in [4.69, 9.17) is 14.6 Å². The molecule has 4 aliphatic rings. The number of carbonyl (C=O) groups is 1. The van der Waals surface area contributed by atoms with Gasteiger partial charge in [-0.15, -0.1) is 0 Å². The first-order valence-electron chi connectivity index (χ1n) is 12.0. The lowest BCUT2D eigenvalue weighted by Gasteiger charge is -2.56. The first kappa shape index (κ1) is 23.9. The van der Waals surface area contributed by atoms with E-state index < -0.39 is 6.17 Å². The summed E-state index contributed by atoms with van der Waals surface area (Å²) in [4.78, 5) is 12.3. The van der Waals surface area contributed by atoms with Crippen LogP contribution in [-0.2, 0) is 14.3 Å². The van der Waals surface area contributed by atoms with Crippen LogP contribution in [0.1, 0.15) is 72.1 Å². The summed E-state index contributed by atoms with van der Waals surface area (Å²) in [6, 6.07) is 0. The molecular formula is C25H41FO4. The van der Waals surface area contributed by atoms with Gasteiger partial charge in [0, 0.05) is 12.0 Å². The van der Waals surface area contributed by atoms with Gasteiger partial charge in [-0.25, -0.2) is 4.39 Å². The highest BCUT2D eigenvalue weighted by molar-refractivity contribution is 5.91. The van der Waals surface area contributed by atoms with Gasteiger partial charge in [-0.3, -0.25) is 4.79 Å². The van der Waals surface area contributed by atoms with Crippen molar-refractivity contribution in [2.75, 3.05) is 33.0 Å².